The summed E-state index contributed by atoms with van der Waals surface area (Å²) in [7, 11) is 0. The second-order valence-corrected chi connectivity index (χ2v) is 8.96. The number of anilines is 1. The molecule has 118 valence electrons. The van der Waals surface area contributed by atoms with Gasteiger partial charge in [0.15, 0.2) is 8.68 Å². The molecule has 0 fully saturated rings. The Morgan fingerprint density at radius 1 is 1.18 bits per heavy atom. The summed E-state index contributed by atoms with van der Waals surface area (Å²) in [6.07, 6.45) is 1.96. The van der Waals surface area contributed by atoms with E-state index in [4.69, 9.17) is 0 Å². The summed E-state index contributed by atoms with van der Waals surface area (Å²) < 4.78 is 1.74. The fourth-order valence-corrected chi connectivity index (χ4v) is 3.95. The molecule has 1 N–H and O–H groups in total. The maximum absolute atomic E-state index is 12.0. The predicted molar refractivity (Wildman–Crippen MR) is 96.2 cm³/mol. The smallest absolute Gasteiger partial charge is 0.234 e. The van der Waals surface area contributed by atoms with E-state index in [0.29, 0.717) is 5.75 Å². The first-order chi connectivity index (χ1) is 10.4. The van der Waals surface area contributed by atoms with E-state index in [1.54, 1.807) is 11.8 Å². The zero-order valence-electron chi connectivity index (χ0n) is 13.0. The normalized spacial score (nSPS) is 11.5. The van der Waals surface area contributed by atoms with Crippen LogP contribution in [-0.4, -0.2) is 28.1 Å². The fourth-order valence-electron chi connectivity index (χ4n) is 1.72. The monoisotopic (exact) mass is 353 g/mol. The number of benzene rings is 1. The first-order valence-electron chi connectivity index (χ1n) is 6.79. The average molecular weight is 354 g/mol. The summed E-state index contributed by atoms with van der Waals surface area (Å²) in [6, 6.07) is 8.00. The molecule has 1 heterocycles. The molecule has 1 amide bonds. The molecule has 0 saturated carbocycles. The van der Waals surface area contributed by atoms with Crippen molar-refractivity contribution in [2.45, 2.75) is 34.9 Å². The van der Waals surface area contributed by atoms with Crippen molar-refractivity contribution in [3.63, 3.8) is 0 Å². The van der Waals surface area contributed by atoms with E-state index in [1.165, 1.54) is 28.7 Å². The van der Waals surface area contributed by atoms with Crippen molar-refractivity contribution in [1.82, 2.24) is 10.2 Å². The second kappa shape index (κ2) is 7.48. The van der Waals surface area contributed by atoms with E-state index < -0.39 is 0 Å². The number of thioether (sulfide) groups is 2. The Morgan fingerprint density at radius 3 is 2.36 bits per heavy atom. The summed E-state index contributed by atoms with van der Waals surface area (Å²) in [6.45, 7) is 6.51. The first kappa shape index (κ1) is 17.3. The van der Waals surface area contributed by atoms with E-state index in [0.717, 1.165) is 14.4 Å². The van der Waals surface area contributed by atoms with Gasteiger partial charge in [0.1, 0.15) is 0 Å². The number of aromatic nitrogens is 2. The Hall–Kier alpha value is -1.05. The molecule has 0 saturated heterocycles. The Bertz CT molecular complexity index is 632. The van der Waals surface area contributed by atoms with Crippen LogP contribution in [0.4, 0.5) is 5.69 Å². The molecule has 7 heteroatoms. The number of hydrogen-bond acceptors (Lipinski definition) is 6. The van der Waals surface area contributed by atoms with Crippen molar-refractivity contribution in [2.24, 2.45) is 0 Å². The SMILES string of the molecule is CSc1nnc(SCC(=O)Nc2ccc(C(C)(C)C)cc2)s1. The number of amides is 1. The lowest BCUT2D eigenvalue weighted by Gasteiger charge is -2.19. The van der Waals surface area contributed by atoms with Gasteiger partial charge in [0, 0.05) is 5.69 Å². The minimum atomic E-state index is -0.0330. The zero-order valence-corrected chi connectivity index (χ0v) is 15.5. The van der Waals surface area contributed by atoms with Gasteiger partial charge in [-0.2, -0.15) is 0 Å². The molecular weight excluding hydrogens is 334 g/mol. The van der Waals surface area contributed by atoms with Crippen LogP contribution in [0.3, 0.4) is 0 Å². The van der Waals surface area contributed by atoms with Crippen molar-refractivity contribution in [2.75, 3.05) is 17.3 Å². The van der Waals surface area contributed by atoms with Crippen LogP contribution in [0, 0.1) is 0 Å². The molecule has 4 nitrogen and oxygen atoms in total. The maximum Gasteiger partial charge on any atom is 0.234 e. The number of carbonyl (C=O) groups is 1. The third-order valence-corrected chi connectivity index (χ3v) is 5.96. The number of hydrogen-bond donors (Lipinski definition) is 1. The van der Waals surface area contributed by atoms with Crippen LogP contribution < -0.4 is 5.32 Å². The van der Waals surface area contributed by atoms with Crippen LogP contribution in [0.5, 0.6) is 0 Å². The van der Waals surface area contributed by atoms with Crippen LogP contribution in [0.15, 0.2) is 32.9 Å². The van der Waals surface area contributed by atoms with Gasteiger partial charge in [-0.05, 0) is 29.4 Å². The molecule has 0 aliphatic heterocycles. The average Bonchev–Trinajstić information content (AvgIpc) is 2.93. The van der Waals surface area contributed by atoms with Crippen molar-refractivity contribution < 1.29 is 4.79 Å². The number of rotatable bonds is 5. The Morgan fingerprint density at radius 2 is 1.82 bits per heavy atom. The van der Waals surface area contributed by atoms with Gasteiger partial charge in [-0.1, -0.05) is 67.8 Å². The highest BCUT2D eigenvalue weighted by Gasteiger charge is 2.13. The molecule has 1 aromatic carbocycles. The Labute approximate surface area is 143 Å². The molecule has 0 unspecified atom stereocenters. The standard InChI is InChI=1S/C15H19N3OS3/c1-15(2,3)10-5-7-11(8-6-10)16-12(19)9-21-14-18-17-13(20-4)22-14/h5-8H,9H2,1-4H3,(H,16,19). The van der Waals surface area contributed by atoms with Gasteiger partial charge in [0.25, 0.3) is 0 Å². The molecule has 0 spiro atoms. The molecule has 0 atom stereocenters. The molecule has 22 heavy (non-hydrogen) atoms. The molecule has 2 rings (SSSR count). The van der Waals surface area contributed by atoms with Gasteiger partial charge in [-0.3, -0.25) is 4.79 Å². The topological polar surface area (TPSA) is 54.9 Å². The van der Waals surface area contributed by atoms with Crippen LogP contribution in [0.25, 0.3) is 0 Å². The molecule has 0 aliphatic carbocycles. The van der Waals surface area contributed by atoms with Gasteiger partial charge < -0.3 is 5.32 Å². The Balaban J connectivity index is 1.86. The lowest BCUT2D eigenvalue weighted by atomic mass is 9.87. The first-order valence-corrected chi connectivity index (χ1v) is 9.82. The van der Waals surface area contributed by atoms with Crippen molar-refractivity contribution in [3.8, 4) is 0 Å². The van der Waals surface area contributed by atoms with Crippen molar-refractivity contribution >= 4 is 46.5 Å². The van der Waals surface area contributed by atoms with Crippen LogP contribution in [0.1, 0.15) is 26.3 Å². The summed E-state index contributed by atoms with van der Waals surface area (Å²) in [5.74, 6) is 0.304. The Kier molecular flexibility index (Phi) is 5.88. The highest BCUT2D eigenvalue weighted by Crippen LogP contribution is 2.27. The number of carbonyl (C=O) groups excluding carboxylic acids is 1. The van der Waals surface area contributed by atoms with E-state index in [9.17, 15) is 4.79 Å². The predicted octanol–water partition coefficient (Wildman–Crippen LogP) is 4.29. The molecular formula is C15H19N3OS3. The zero-order chi connectivity index (χ0) is 16.2. The number of nitrogens with one attached hydrogen (secondary N) is 1. The summed E-state index contributed by atoms with van der Waals surface area (Å²) in [5, 5.41) is 10.9. The number of nitrogens with zero attached hydrogens (tertiary/aromatic N) is 2. The summed E-state index contributed by atoms with van der Waals surface area (Å²) in [5.41, 5.74) is 2.18. The van der Waals surface area contributed by atoms with Gasteiger partial charge >= 0.3 is 0 Å². The van der Waals surface area contributed by atoms with Crippen LogP contribution >= 0.6 is 34.9 Å². The molecule has 0 radical (unpaired) electrons. The van der Waals surface area contributed by atoms with Gasteiger partial charge in [-0.15, -0.1) is 10.2 Å². The molecule has 0 bridgehead atoms. The lowest BCUT2D eigenvalue weighted by molar-refractivity contribution is -0.113. The maximum atomic E-state index is 12.0. The van der Waals surface area contributed by atoms with E-state index in [2.05, 4.69) is 48.4 Å². The van der Waals surface area contributed by atoms with E-state index >= 15 is 0 Å². The van der Waals surface area contributed by atoms with E-state index in [1.807, 2.05) is 18.4 Å². The third-order valence-electron chi connectivity index (χ3n) is 2.92. The van der Waals surface area contributed by atoms with Crippen molar-refractivity contribution in [1.29, 1.82) is 0 Å². The van der Waals surface area contributed by atoms with E-state index in [-0.39, 0.29) is 11.3 Å². The van der Waals surface area contributed by atoms with Gasteiger partial charge in [0.05, 0.1) is 5.75 Å². The van der Waals surface area contributed by atoms with Gasteiger partial charge in [0.2, 0.25) is 5.91 Å². The van der Waals surface area contributed by atoms with Crippen LogP contribution in [0.2, 0.25) is 0 Å². The lowest BCUT2D eigenvalue weighted by Crippen LogP contribution is -2.15. The largest absolute Gasteiger partial charge is 0.325 e. The second-order valence-electron chi connectivity index (χ2n) is 5.70. The highest BCUT2D eigenvalue weighted by molar-refractivity contribution is 8.03. The third kappa shape index (κ3) is 5.00. The van der Waals surface area contributed by atoms with Crippen LogP contribution in [-0.2, 0) is 10.2 Å². The molecule has 0 aliphatic rings. The quantitative estimate of drug-likeness (QED) is 0.813. The minimum Gasteiger partial charge on any atom is -0.325 e. The minimum absolute atomic E-state index is 0.0330. The summed E-state index contributed by atoms with van der Waals surface area (Å²) in [4.78, 5) is 12.0. The molecule has 1 aromatic heterocycles. The molecule has 2 aromatic rings. The summed E-state index contributed by atoms with van der Waals surface area (Å²) >= 11 is 4.48. The highest BCUT2D eigenvalue weighted by atomic mass is 32.2. The van der Waals surface area contributed by atoms with Crippen molar-refractivity contribution in [3.05, 3.63) is 29.8 Å². The fraction of sp³-hybridized carbons (Fsp3) is 0.400. The van der Waals surface area contributed by atoms with Gasteiger partial charge in [-0.25, -0.2) is 0 Å².